The van der Waals surface area contributed by atoms with Gasteiger partial charge >= 0.3 is 0 Å². The van der Waals surface area contributed by atoms with E-state index in [9.17, 15) is 9.59 Å². The van der Waals surface area contributed by atoms with Gasteiger partial charge in [0.1, 0.15) is 5.75 Å². The topological polar surface area (TPSA) is 76.7 Å². The number of hydrogen-bond donors (Lipinski definition) is 2. The van der Waals surface area contributed by atoms with Crippen molar-refractivity contribution in [3.05, 3.63) is 53.1 Å². The quantitative estimate of drug-likeness (QED) is 0.901. The van der Waals surface area contributed by atoms with Crippen molar-refractivity contribution in [2.75, 3.05) is 24.4 Å². The van der Waals surface area contributed by atoms with Crippen LogP contribution >= 0.6 is 0 Å². The Hall–Kier alpha value is -2.86. The lowest BCUT2D eigenvalue weighted by Gasteiger charge is -2.18. The van der Waals surface area contributed by atoms with Crippen molar-refractivity contribution in [3.8, 4) is 5.75 Å². The van der Waals surface area contributed by atoms with E-state index < -0.39 is 0 Å². The van der Waals surface area contributed by atoms with Crippen LogP contribution in [0.2, 0.25) is 0 Å². The molecule has 0 aromatic heterocycles. The number of fused-ring (bicyclic) bond motifs is 2. The van der Waals surface area contributed by atoms with E-state index in [1.54, 1.807) is 25.3 Å². The molecule has 128 valence electrons. The number of methoxy groups -OCH3 is 1. The Kier molecular flexibility index (Phi) is 3.89. The fourth-order valence-electron chi connectivity index (χ4n) is 3.24. The molecule has 1 heterocycles. The van der Waals surface area contributed by atoms with Crippen LogP contribution in [0, 0.1) is 0 Å². The summed E-state index contributed by atoms with van der Waals surface area (Å²) in [5, 5.41) is 5.62. The molecule has 0 saturated heterocycles. The van der Waals surface area contributed by atoms with Gasteiger partial charge in [-0.3, -0.25) is 9.59 Å². The zero-order valence-electron chi connectivity index (χ0n) is 13.8. The standard InChI is InChI=1S/C19H18N2O4/c1-24-15-7-11-2-4-14(6-13(11)8-15)20-19(23)12-3-5-16-17(9-12)25-10-18(22)21-16/h2-6,9,15H,7-8,10H2,1H3,(H,20,23)(H,21,22). The van der Waals surface area contributed by atoms with Crippen LogP contribution < -0.4 is 15.4 Å². The van der Waals surface area contributed by atoms with Crippen LogP contribution in [0.1, 0.15) is 21.5 Å². The van der Waals surface area contributed by atoms with Crippen molar-refractivity contribution >= 4 is 23.2 Å². The largest absolute Gasteiger partial charge is 0.482 e. The molecule has 0 saturated carbocycles. The van der Waals surface area contributed by atoms with Gasteiger partial charge in [-0.15, -0.1) is 0 Å². The van der Waals surface area contributed by atoms with Crippen LogP contribution in [0.4, 0.5) is 11.4 Å². The Morgan fingerprint density at radius 2 is 2.04 bits per heavy atom. The zero-order chi connectivity index (χ0) is 17.4. The predicted molar refractivity (Wildman–Crippen MR) is 93.2 cm³/mol. The molecule has 2 aromatic rings. The summed E-state index contributed by atoms with van der Waals surface area (Å²) in [5.41, 5.74) is 4.29. The van der Waals surface area contributed by atoms with E-state index in [1.807, 2.05) is 18.2 Å². The van der Waals surface area contributed by atoms with Crippen molar-refractivity contribution in [2.24, 2.45) is 0 Å². The van der Waals surface area contributed by atoms with E-state index in [4.69, 9.17) is 9.47 Å². The third-order valence-electron chi connectivity index (χ3n) is 4.57. The van der Waals surface area contributed by atoms with Gasteiger partial charge in [-0.05, 0) is 54.3 Å². The summed E-state index contributed by atoms with van der Waals surface area (Å²) in [4.78, 5) is 23.8. The summed E-state index contributed by atoms with van der Waals surface area (Å²) >= 11 is 0. The number of carbonyl (C=O) groups is 2. The monoisotopic (exact) mass is 338 g/mol. The molecule has 2 aliphatic rings. The molecule has 1 unspecified atom stereocenters. The number of hydrogen-bond acceptors (Lipinski definition) is 4. The normalized spacial score (nSPS) is 18.0. The van der Waals surface area contributed by atoms with E-state index in [2.05, 4.69) is 10.6 Å². The van der Waals surface area contributed by atoms with Gasteiger partial charge in [0.25, 0.3) is 11.8 Å². The number of benzene rings is 2. The Balaban J connectivity index is 1.50. The number of carbonyl (C=O) groups excluding carboxylic acids is 2. The molecule has 2 amide bonds. The van der Waals surface area contributed by atoms with Crippen molar-refractivity contribution in [1.82, 2.24) is 0 Å². The van der Waals surface area contributed by atoms with Crippen LogP contribution in [0.3, 0.4) is 0 Å². The summed E-state index contributed by atoms with van der Waals surface area (Å²) in [7, 11) is 1.72. The van der Waals surface area contributed by atoms with Gasteiger partial charge in [0.2, 0.25) is 0 Å². The van der Waals surface area contributed by atoms with Gasteiger partial charge in [-0.25, -0.2) is 0 Å². The first kappa shape index (κ1) is 15.7. The number of ether oxygens (including phenoxy) is 2. The Bertz CT molecular complexity index is 862. The van der Waals surface area contributed by atoms with Gasteiger partial charge in [0.15, 0.2) is 6.61 Å². The van der Waals surface area contributed by atoms with Crippen molar-refractivity contribution in [1.29, 1.82) is 0 Å². The van der Waals surface area contributed by atoms with Gasteiger partial charge in [0, 0.05) is 18.4 Å². The summed E-state index contributed by atoms with van der Waals surface area (Å²) in [6.07, 6.45) is 1.99. The average molecular weight is 338 g/mol. The van der Waals surface area contributed by atoms with E-state index >= 15 is 0 Å². The first-order valence-corrected chi connectivity index (χ1v) is 8.15. The summed E-state index contributed by atoms with van der Waals surface area (Å²) in [6.45, 7) is -0.0381. The third-order valence-corrected chi connectivity index (χ3v) is 4.57. The number of amides is 2. The maximum atomic E-state index is 12.5. The second-order valence-electron chi connectivity index (χ2n) is 6.25. The highest BCUT2D eigenvalue weighted by Crippen LogP contribution is 2.30. The predicted octanol–water partition coefficient (Wildman–Crippen LogP) is 2.38. The third kappa shape index (κ3) is 3.08. The lowest BCUT2D eigenvalue weighted by molar-refractivity contribution is -0.118. The van der Waals surface area contributed by atoms with Gasteiger partial charge < -0.3 is 20.1 Å². The molecule has 2 N–H and O–H groups in total. The van der Waals surface area contributed by atoms with Crippen molar-refractivity contribution in [3.63, 3.8) is 0 Å². The van der Waals surface area contributed by atoms with Crippen LogP contribution in [-0.2, 0) is 22.4 Å². The molecule has 0 fully saturated rings. The van der Waals surface area contributed by atoms with Crippen LogP contribution in [0.25, 0.3) is 0 Å². The molecule has 1 aliphatic carbocycles. The zero-order valence-corrected chi connectivity index (χ0v) is 13.8. The molecule has 1 atom stereocenters. The van der Waals surface area contributed by atoms with Gasteiger partial charge in [-0.2, -0.15) is 0 Å². The molecule has 0 spiro atoms. The molecule has 4 rings (SSSR count). The second-order valence-corrected chi connectivity index (χ2v) is 6.25. The Labute approximate surface area is 145 Å². The van der Waals surface area contributed by atoms with E-state index in [0.717, 1.165) is 18.5 Å². The van der Waals surface area contributed by atoms with Crippen LogP contribution in [0.15, 0.2) is 36.4 Å². The highest BCUT2D eigenvalue weighted by atomic mass is 16.5. The number of rotatable bonds is 3. The maximum Gasteiger partial charge on any atom is 0.262 e. The SMILES string of the molecule is COC1Cc2ccc(NC(=O)c3ccc4c(c3)OCC(=O)N4)cc2C1. The molecular weight excluding hydrogens is 320 g/mol. The molecule has 25 heavy (non-hydrogen) atoms. The molecule has 0 bridgehead atoms. The lowest BCUT2D eigenvalue weighted by Crippen LogP contribution is -2.25. The van der Waals surface area contributed by atoms with Gasteiger partial charge in [-0.1, -0.05) is 6.07 Å². The van der Waals surface area contributed by atoms with E-state index in [1.165, 1.54) is 11.1 Å². The molecule has 0 radical (unpaired) electrons. The first-order chi connectivity index (χ1) is 12.1. The number of nitrogens with one attached hydrogen (secondary N) is 2. The van der Waals surface area contributed by atoms with Crippen LogP contribution in [0.5, 0.6) is 5.75 Å². The summed E-state index contributed by atoms with van der Waals surface area (Å²) < 4.78 is 10.8. The Morgan fingerprint density at radius 1 is 1.20 bits per heavy atom. The van der Waals surface area contributed by atoms with Crippen molar-refractivity contribution in [2.45, 2.75) is 18.9 Å². The minimum absolute atomic E-state index is 0.0381. The Morgan fingerprint density at radius 3 is 2.88 bits per heavy atom. The van der Waals surface area contributed by atoms with E-state index in [-0.39, 0.29) is 24.5 Å². The molecule has 6 nitrogen and oxygen atoms in total. The minimum atomic E-state index is -0.218. The smallest absolute Gasteiger partial charge is 0.262 e. The average Bonchev–Trinajstić information content (AvgIpc) is 3.03. The van der Waals surface area contributed by atoms with Crippen LogP contribution in [-0.4, -0.2) is 31.6 Å². The fraction of sp³-hybridized carbons (Fsp3) is 0.263. The molecule has 2 aromatic carbocycles. The molecule has 1 aliphatic heterocycles. The van der Waals surface area contributed by atoms with E-state index in [0.29, 0.717) is 17.0 Å². The van der Waals surface area contributed by atoms with Crippen molar-refractivity contribution < 1.29 is 19.1 Å². The number of anilines is 2. The fourth-order valence-corrected chi connectivity index (χ4v) is 3.24. The highest BCUT2D eigenvalue weighted by molar-refractivity contribution is 6.05. The van der Waals surface area contributed by atoms with Gasteiger partial charge in [0.05, 0.1) is 11.8 Å². The minimum Gasteiger partial charge on any atom is -0.482 e. The maximum absolute atomic E-state index is 12.5. The molecule has 6 heteroatoms. The first-order valence-electron chi connectivity index (χ1n) is 8.15. The summed E-state index contributed by atoms with van der Waals surface area (Å²) in [6, 6.07) is 10.9. The lowest BCUT2D eigenvalue weighted by atomic mass is 10.1. The highest BCUT2D eigenvalue weighted by Gasteiger charge is 2.22. The molecular formula is C19H18N2O4. The second kappa shape index (κ2) is 6.22. The summed E-state index contributed by atoms with van der Waals surface area (Å²) in [5.74, 6) is 0.0888.